The molecule has 3 rings (SSSR count). The van der Waals surface area contributed by atoms with Gasteiger partial charge in [0, 0.05) is 10.5 Å². The topological polar surface area (TPSA) is 98.1 Å². The molecule has 0 bridgehead atoms. The Labute approximate surface area is 140 Å². The van der Waals surface area contributed by atoms with Crippen LogP contribution in [0.25, 0.3) is 10.9 Å². The van der Waals surface area contributed by atoms with Gasteiger partial charge in [0.25, 0.3) is 5.56 Å². The summed E-state index contributed by atoms with van der Waals surface area (Å²) < 4.78 is 24.8. The fourth-order valence-corrected chi connectivity index (χ4v) is 4.62. The number of halogens is 1. The van der Waals surface area contributed by atoms with Crippen LogP contribution in [-0.2, 0) is 21.2 Å². The monoisotopic (exact) mass is 399 g/mol. The van der Waals surface area contributed by atoms with E-state index in [1.165, 1.54) is 10.9 Å². The van der Waals surface area contributed by atoms with E-state index in [1.54, 1.807) is 18.2 Å². The number of hydrogen-bond donors (Lipinski definition) is 1. The first-order chi connectivity index (χ1) is 10.8. The van der Waals surface area contributed by atoms with Gasteiger partial charge in [-0.3, -0.25) is 14.2 Å². The molecule has 122 valence electrons. The van der Waals surface area contributed by atoms with Crippen molar-refractivity contribution in [2.24, 2.45) is 0 Å². The van der Waals surface area contributed by atoms with Crippen LogP contribution in [0.3, 0.4) is 0 Å². The van der Waals surface area contributed by atoms with Crippen molar-refractivity contribution in [3.8, 4) is 0 Å². The number of carbonyl (C=O) groups is 1. The van der Waals surface area contributed by atoms with Crippen LogP contribution in [0.4, 0.5) is 0 Å². The average molecular weight is 400 g/mol. The summed E-state index contributed by atoms with van der Waals surface area (Å²) in [5.74, 6) is -0.356. The molecule has 1 aromatic carbocycles. The Morgan fingerprint density at radius 3 is 2.91 bits per heavy atom. The Bertz CT molecular complexity index is 939. The highest BCUT2D eigenvalue weighted by atomic mass is 79.9. The molecule has 1 fully saturated rings. The molecule has 2 heterocycles. The van der Waals surface area contributed by atoms with Crippen molar-refractivity contribution >= 4 is 42.6 Å². The molecule has 7 nitrogen and oxygen atoms in total. The van der Waals surface area contributed by atoms with E-state index >= 15 is 0 Å². The summed E-state index contributed by atoms with van der Waals surface area (Å²) in [6, 6.07) is 4.77. The Kier molecular flexibility index (Phi) is 4.24. The molecule has 0 aliphatic carbocycles. The van der Waals surface area contributed by atoms with Crippen LogP contribution >= 0.6 is 15.9 Å². The van der Waals surface area contributed by atoms with Gasteiger partial charge in [0.15, 0.2) is 9.84 Å². The van der Waals surface area contributed by atoms with E-state index in [0.29, 0.717) is 17.3 Å². The van der Waals surface area contributed by atoms with Crippen LogP contribution in [0.1, 0.15) is 6.42 Å². The second-order valence-electron chi connectivity index (χ2n) is 5.51. The lowest BCUT2D eigenvalue weighted by molar-refractivity contribution is -0.122. The first kappa shape index (κ1) is 16.1. The van der Waals surface area contributed by atoms with Crippen LogP contribution < -0.4 is 10.9 Å². The number of nitrogens with zero attached hydrogens (tertiary/aromatic N) is 2. The van der Waals surface area contributed by atoms with Crippen molar-refractivity contribution in [3.05, 3.63) is 39.4 Å². The quantitative estimate of drug-likeness (QED) is 0.808. The lowest BCUT2D eigenvalue weighted by Gasteiger charge is -2.12. The van der Waals surface area contributed by atoms with Crippen molar-refractivity contribution in [2.75, 3.05) is 11.5 Å². The fourth-order valence-electron chi connectivity index (χ4n) is 2.58. The molecule has 1 aliphatic heterocycles. The van der Waals surface area contributed by atoms with Crippen molar-refractivity contribution in [3.63, 3.8) is 0 Å². The van der Waals surface area contributed by atoms with Gasteiger partial charge in [-0.05, 0) is 24.6 Å². The summed E-state index contributed by atoms with van der Waals surface area (Å²) >= 11 is 3.30. The molecule has 1 aromatic heterocycles. The first-order valence-electron chi connectivity index (χ1n) is 6.98. The summed E-state index contributed by atoms with van der Waals surface area (Å²) in [5, 5.41) is 3.07. The van der Waals surface area contributed by atoms with E-state index in [-0.39, 0.29) is 29.7 Å². The van der Waals surface area contributed by atoms with E-state index in [0.717, 1.165) is 4.47 Å². The first-order valence-corrected chi connectivity index (χ1v) is 9.60. The fraction of sp³-hybridized carbons (Fsp3) is 0.357. The maximum absolute atomic E-state index is 12.4. The van der Waals surface area contributed by atoms with Crippen LogP contribution in [0.15, 0.2) is 33.8 Å². The molecule has 0 spiro atoms. The van der Waals surface area contributed by atoms with Gasteiger partial charge in [-0.2, -0.15) is 0 Å². The molecule has 1 saturated heterocycles. The predicted molar refractivity (Wildman–Crippen MR) is 88.9 cm³/mol. The molecule has 1 unspecified atom stereocenters. The maximum atomic E-state index is 12.4. The molecule has 1 N–H and O–H groups in total. The Morgan fingerprint density at radius 1 is 1.43 bits per heavy atom. The molecule has 23 heavy (non-hydrogen) atoms. The number of fused-ring (bicyclic) bond motifs is 1. The molecule has 2 aromatic rings. The Hall–Kier alpha value is -1.74. The van der Waals surface area contributed by atoms with E-state index in [1.807, 2.05) is 0 Å². The van der Waals surface area contributed by atoms with E-state index in [9.17, 15) is 18.0 Å². The van der Waals surface area contributed by atoms with Gasteiger partial charge in [-0.1, -0.05) is 15.9 Å². The number of sulfone groups is 1. The molecule has 0 saturated carbocycles. The normalized spacial score (nSPS) is 19.8. The smallest absolute Gasteiger partial charge is 0.261 e. The number of nitrogens with one attached hydrogen (secondary N) is 1. The number of amides is 1. The van der Waals surface area contributed by atoms with Crippen molar-refractivity contribution in [1.82, 2.24) is 14.9 Å². The van der Waals surface area contributed by atoms with Crippen LogP contribution in [0.5, 0.6) is 0 Å². The molecule has 1 aliphatic rings. The predicted octanol–water partition coefficient (Wildman–Crippen LogP) is 0.462. The zero-order valence-electron chi connectivity index (χ0n) is 12.0. The minimum absolute atomic E-state index is 0.0451. The standard InChI is InChI=1S/C14H14BrN3O4S/c15-9-1-2-12-11(5-9)14(20)18(8-16-12)6-13(19)17-10-3-4-23(21,22)7-10/h1-2,5,8,10H,3-4,6-7H2,(H,17,19). The highest BCUT2D eigenvalue weighted by Crippen LogP contribution is 2.15. The minimum Gasteiger partial charge on any atom is -0.351 e. The zero-order valence-corrected chi connectivity index (χ0v) is 14.4. The van der Waals surface area contributed by atoms with E-state index in [4.69, 9.17) is 0 Å². The number of hydrogen-bond acceptors (Lipinski definition) is 5. The SMILES string of the molecule is O=C(Cn1cnc2ccc(Br)cc2c1=O)NC1CCS(=O)(=O)C1. The minimum atomic E-state index is -3.06. The lowest BCUT2D eigenvalue weighted by Crippen LogP contribution is -2.39. The van der Waals surface area contributed by atoms with Gasteiger partial charge >= 0.3 is 0 Å². The Balaban J connectivity index is 1.77. The van der Waals surface area contributed by atoms with Gasteiger partial charge in [-0.15, -0.1) is 0 Å². The summed E-state index contributed by atoms with van der Waals surface area (Å²) in [6.07, 6.45) is 1.73. The second-order valence-corrected chi connectivity index (χ2v) is 8.65. The van der Waals surface area contributed by atoms with Crippen molar-refractivity contribution < 1.29 is 13.2 Å². The average Bonchev–Trinajstić information content (AvgIpc) is 2.81. The molecule has 0 radical (unpaired) electrons. The summed E-state index contributed by atoms with van der Waals surface area (Å²) in [5.41, 5.74) is 0.238. The summed E-state index contributed by atoms with van der Waals surface area (Å²) in [4.78, 5) is 28.6. The van der Waals surface area contributed by atoms with E-state index in [2.05, 4.69) is 26.2 Å². The largest absolute Gasteiger partial charge is 0.351 e. The van der Waals surface area contributed by atoms with Gasteiger partial charge in [0.1, 0.15) is 6.54 Å². The molecular weight excluding hydrogens is 386 g/mol. The lowest BCUT2D eigenvalue weighted by atomic mass is 10.2. The highest BCUT2D eigenvalue weighted by molar-refractivity contribution is 9.10. The molecule has 1 amide bonds. The van der Waals surface area contributed by atoms with Gasteiger partial charge < -0.3 is 5.32 Å². The number of benzene rings is 1. The van der Waals surface area contributed by atoms with Crippen molar-refractivity contribution in [2.45, 2.75) is 19.0 Å². The third kappa shape index (κ3) is 3.61. The Morgan fingerprint density at radius 2 is 2.22 bits per heavy atom. The third-order valence-electron chi connectivity index (χ3n) is 3.70. The second kappa shape index (κ2) is 6.04. The number of rotatable bonds is 3. The van der Waals surface area contributed by atoms with Gasteiger partial charge in [0.05, 0.1) is 28.7 Å². The maximum Gasteiger partial charge on any atom is 0.261 e. The van der Waals surface area contributed by atoms with Gasteiger partial charge in [0.2, 0.25) is 5.91 Å². The molecule has 1 atom stereocenters. The number of carbonyl (C=O) groups excluding carboxylic acids is 1. The van der Waals surface area contributed by atoms with Crippen molar-refractivity contribution in [1.29, 1.82) is 0 Å². The molecule has 9 heteroatoms. The van der Waals surface area contributed by atoms with E-state index < -0.39 is 15.7 Å². The number of aromatic nitrogens is 2. The van der Waals surface area contributed by atoms with Gasteiger partial charge in [-0.25, -0.2) is 13.4 Å². The third-order valence-corrected chi connectivity index (χ3v) is 5.96. The van der Waals surface area contributed by atoms with Crippen LogP contribution in [0, 0.1) is 0 Å². The highest BCUT2D eigenvalue weighted by Gasteiger charge is 2.28. The summed E-state index contributed by atoms with van der Waals surface area (Å²) in [6.45, 7) is -0.190. The summed E-state index contributed by atoms with van der Waals surface area (Å²) in [7, 11) is -3.06. The van der Waals surface area contributed by atoms with Crippen LogP contribution in [-0.4, -0.2) is 41.4 Å². The van der Waals surface area contributed by atoms with Crippen LogP contribution in [0.2, 0.25) is 0 Å². The molecular formula is C14H14BrN3O4S. The zero-order chi connectivity index (χ0) is 16.6.